The maximum absolute atomic E-state index is 13.2. The Balaban J connectivity index is 1.62. The van der Waals surface area contributed by atoms with Gasteiger partial charge >= 0.3 is 0 Å². The van der Waals surface area contributed by atoms with Gasteiger partial charge in [0.1, 0.15) is 5.75 Å². The summed E-state index contributed by atoms with van der Waals surface area (Å²) in [5.74, 6) is 0.323. The van der Waals surface area contributed by atoms with Crippen molar-refractivity contribution in [1.82, 2.24) is 10.4 Å². The van der Waals surface area contributed by atoms with Crippen molar-refractivity contribution >= 4 is 38.2 Å². The van der Waals surface area contributed by atoms with Crippen molar-refractivity contribution in [3.05, 3.63) is 90.0 Å². The molecule has 1 aromatic heterocycles. The van der Waals surface area contributed by atoms with E-state index in [-0.39, 0.29) is 5.91 Å². The number of pyridine rings is 1. The minimum atomic E-state index is -3.36. The smallest absolute Gasteiger partial charge is 0.272 e. The Morgan fingerprint density at radius 1 is 0.971 bits per heavy atom. The van der Waals surface area contributed by atoms with E-state index >= 15 is 0 Å². The first-order valence-electron chi connectivity index (χ1n) is 10.7. The molecule has 0 saturated carbocycles. The van der Waals surface area contributed by atoms with Crippen LogP contribution in [0.2, 0.25) is 0 Å². The standard InChI is InChI=1S/C26H24N4O4S/c1-17(18-11-13-20(14-12-18)30-35(3,32)33)28-29-26(31)23-16-25(19-7-6-8-21(15-19)34-2)27-24-10-5-4-9-22(23)24/h4-16,30H,1-3H3,(H,29,31)/b28-17-. The Morgan fingerprint density at radius 2 is 1.71 bits per heavy atom. The zero-order valence-corrected chi connectivity index (χ0v) is 20.3. The van der Waals surface area contributed by atoms with Crippen molar-refractivity contribution in [2.45, 2.75) is 6.92 Å². The van der Waals surface area contributed by atoms with Crippen LogP contribution in [0.1, 0.15) is 22.8 Å². The first kappa shape index (κ1) is 23.9. The number of anilines is 1. The van der Waals surface area contributed by atoms with Crippen molar-refractivity contribution < 1.29 is 17.9 Å². The fourth-order valence-corrected chi connectivity index (χ4v) is 4.11. The van der Waals surface area contributed by atoms with Crippen LogP contribution in [0.3, 0.4) is 0 Å². The highest BCUT2D eigenvalue weighted by Crippen LogP contribution is 2.27. The molecule has 0 radical (unpaired) electrons. The number of para-hydroxylation sites is 1. The number of hydrogen-bond donors (Lipinski definition) is 2. The molecule has 0 fully saturated rings. The number of rotatable bonds is 7. The van der Waals surface area contributed by atoms with Gasteiger partial charge in [0, 0.05) is 16.6 Å². The fourth-order valence-electron chi connectivity index (χ4n) is 3.55. The minimum absolute atomic E-state index is 0.373. The van der Waals surface area contributed by atoms with Gasteiger partial charge in [0.2, 0.25) is 10.0 Å². The van der Waals surface area contributed by atoms with Gasteiger partial charge in [0.15, 0.2) is 0 Å². The molecule has 9 heteroatoms. The number of methoxy groups -OCH3 is 1. The highest BCUT2D eigenvalue weighted by molar-refractivity contribution is 7.92. The van der Waals surface area contributed by atoms with Crippen LogP contribution in [0, 0.1) is 0 Å². The van der Waals surface area contributed by atoms with Gasteiger partial charge in [0.25, 0.3) is 5.91 Å². The predicted molar refractivity (Wildman–Crippen MR) is 138 cm³/mol. The van der Waals surface area contributed by atoms with Crippen LogP contribution in [0.15, 0.2) is 84.0 Å². The summed E-state index contributed by atoms with van der Waals surface area (Å²) in [5, 5.41) is 4.96. The number of sulfonamides is 1. The number of hydrazone groups is 1. The third-order valence-corrected chi connectivity index (χ3v) is 5.86. The van der Waals surface area contributed by atoms with Crippen LogP contribution in [-0.2, 0) is 10.0 Å². The van der Waals surface area contributed by atoms with E-state index in [2.05, 4.69) is 15.2 Å². The van der Waals surface area contributed by atoms with Gasteiger partial charge in [-0.2, -0.15) is 5.10 Å². The summed E-state index contributed by atoms with van der Waals surface area (Å²) in [4.78, 5) is 17.9. The third-order valence-electron chi connectivity index (χ3n) is 5.26. The average Bonchev–Trinajstić information content (AvgIpc) is 2.86. The second-order valence-electron chi connectivity index (χ2n) is 7.89. The van der Waals surface area contributed by atoms with Gasteiger partial charge in [-0.15, -0.1) is 0 Å². The van der Waals surface area contributed by atoms with Crippen LogP contribution in [-0.4, -0.2) is 38.4 Å². The summed E-state index contributed by atoms with van der Waals surface area (Å²) in [6, 6.07) is 23.4. The monoisotopic (exact) mass is 488 g/mol. The van der Waals surface area contributed by atoms with Gasteiger partial charge in [-0.25, -0.2) is 18.8 Å². The van der Waals surface area contributed by atoms with E-state index in [1.165, 1.54) is 0 Å². The van der Waals surface area contributed by atoms with Gasteiger partial charge in [-0.05, 0) is 48.9 Å². The van der Waals surface area contributed by atoms with E-state index in [1.54, 1.807) is 44.4 Å². The number of aromatic nitrogens is 1. The molecule has 0 spiro atoms. The molecule has 4 rings (SSSR count). The number of carbonyl (C=O) groups is 1. The van der Waals surface area contributed by atoms with E-state index in [4.69, 9.17) is 9.72 Å². The Labute approximate surface area is 203 Å². The van der Waals surface area contributed by atoms with Crippen molar-refractivity contribution in [2.75, 3.05) is 18.1 Å². The molecular weight excluding hydrogens is 464 g/mol. The number of nitrogens with zero attached hydrogens (tertiary/aromatic N) is 2. The van der Waals surface area contributed by atoms with Crippen LogP contribution >= 0.6 is 0 Å². The highest BCUT2D eigenvalue weighted by atomic mass is 32.2. The molecule has 35 heavy (non-hydrogen) atoms. The topological polar surface area (TPSA) is 110 Å². The molecule has 2 N–H and O–H groups in total. The third kappa shape index (κ3) is 5.82. The van der Waals surface area contributed by atoms with Crippen molar-refractivity contribution in [1.29, 1.82) is 0 Å². The molecule has 4 aromatic rings. The van der Waals surface area contributed by atoms with E-state index in [0.29, 0.717) is 39.3 Å². The SMILES string of the molecule is COc1cccc(-c2cc(C(=O)N/N=C(/C)c3ccc(NS(C)(=O)=O)cc3)c3ccccc3n2)c1. The molecule has 0 aliphatic rings. The van der Waals surface area contributed by atoms with Crippen molar-refractivity contribution in [3.63, 3.8) is 0 Å². The molecule has 0 bridgehead atoms. The van der Waals surface area contributed by atoms with Crippen molar-refractivity contribution in [3.8, 4) is 17.0 Å². The summed E-state index contributed by atoms with van der Waals surface area (Å²) in [5.41, 5.74) is 6.97. The zero-order chi connectivity index (χ0) is 25.0. The zero-order valence-electron chi connectivity index (χ0n) is 19.4. The molecule has 0 unspecified atom stereocenters. The summed E-state index contributed by atoms with van der Waals surface area (Å²) < 4.78 is 30.5. The molecule has 8 nitrogen and oxygen atoms in total. The van der Waals surface area contributed by atoms with Crippen LogP contribution in [0.25, 0.3) is 22.2 Å². The van der Waals surface area contributed by atoms with Gasteiger partial charge < -0.3 is 4.74 Å². The van der Waals surface area contributed by atoms with Crippen LogP contribution < -0.4 is 14.9 Å². The first-order chi connectivity index (χ1) is 16.7. The van der Waals surface area contributed by atoms with E-state index in [0.717, 1.165) is 17.4 Å². The molecule has 0 aliphatic heterocycles. The Hall–Kier alpha value is -4.24. The molecule has 178 valence electrons. The maximum Gasteiger partial charge on any atom is 0.272 e. The average molecular weight is 489 g/mol. The minimum Gasteiger partial charge on any atom is -0.497 e. The second kappa shape index (κ2) is 9.94. The molecule has 1 heterocycles. The predicted octanol–water partition coefficient (Wildman–Crippen LogP) is 4.44. The van der Waals surface area contributed by atoms with Gasteiger partial charge in [-0.3, -0.25) is 9.52 Å². The number of benzene rings is 3. The molecule has 0 aliphatic carbocycles. The Kier molecular flexibility index (Phi) is 6.79. The molecule has 3 aromatic carbocycles. The summed E-state index contributed by atoms with van der Waals surface area (Å²) in [6.07, 6.45) is 1.09. The van der Waals surface area contributed by atoms with E-state index < -0.39 is 10.0 Å². The van der Waals surface area contributed by atoms with Crippen LogP contribution in [0.4, 0.5) is 5.69 Å². The largest absolute Gasteiger partial charge is 0.497 e. The Morgan fingerprint density at radius 3 is 2.43 bits per heavy atom. The molecule has 1 amide bonds. The maximum atomic E-state index is 13.2. The highest BCUT2D eigenvalue weighted by Gasteiger charge is 2.14. The fraction of sp³-hybridized carbons (Fsp3) is 0.115. The Bertz CT molecular complexity index is 1530. The summed E-state index contributed by atoms with van der Waals surface area (Å²) in [6.45, 7) is 1.76. The lowest BCUT2D eigenvalue weighted by atomic mass is 10.0. The van der Waals surface area contributed by atoms with Crippen molar-refractivity contribution in [2.24, 2.45) is 5.10 Å². The van der Waals surface area contributed by atoms with E-state index in [9.17, 15) is 13.2 Å². The number of nitrogens with one attached hydrogen (secondary N) is 2. The second-order valence-corrected chi connectivity index (χ2v) is 9.64. The van der Waals surface area contributed by atoms with Gasteiger partial charge in [-0.1, -0.05) is 42.5 Å². The quantitative estimate of drug-likeness (QED) is 0.295. The lowest BCUT2D eigenvalue weighted by Crippen LogP contribution is -2.20. The first-order valence-corrected chi connectivity index (χ1v) is 12.6. The lowest BCUT2D eigenvalue weighted by Gasteiger charge is -2.10. The number of ether oxygens (including phenoxy) is 1. The normalized spacial score (nSPS) is 11.8. The number of fused-ring (bicyclic) bond motifs is 1. The molecular formula is C26H24N4O4S. The van der Waals surface area contributed by atoms with Crippen LogP contribution in [0.5, 0.6) is 5.75 Å². The van der Waals surface area contributed by atoms with E-state index in [1.807, 2.05) is 48.5 Å². The number of amides is 1. The molecule has 0 saturated heterocycles. The molecule has 0 atom stereocenters. The van der Waals surface area contributed by atoms with Gasteiger partial charge in [0.05, 0.1) is 35.9 Å². The lowest BCUT2D eigenvalue weighted by molar-refractivity contribution is 0.0956. The summed E-state index contributed by atoms with van der Waals surface area (Å²) in [7, 11) is -1.76. The number of carbonyl (C=O) groups excluding carboxylic acids is 1. The summed E-state index contributed by atoms with van der Waals surface area (Å²) >= 11 is 0. The number of hydrogen-bond acceptors (Lipinski definition) is 6.